The van der Waals surface area contributed by atoms with E-state index < -0.39 is 0 Å². The molecule has 166 valence electrons. The van der Waals surface area contributed by atoms with Crippen molar-refractivity contribution in [3.63, 3.8) is 0 Å². The maximum atomic E-state index is 5.87. The van der Waals surface area contributed by atoms with Gasteiger partial charge < -0.3 is 14.8 Å². The second kappa shape index (κ2) is 9.02. The van der Waals surface area contributed by atoms with E-state index in [0.717, 1.165) is 17.4 Å². The lowest BCUT2D eigenvalue weighted by atomic mass is 9.94. The minimum absolute atomic E-state index is 0.0193. The van der Waals surface area contributed by atoms with Gasteiger partial charge in [-0.3, -0.25) is 9.97 Å². The number of hydrogen-bond acceptors (Lipinski definition) is 3. The van der Waals surface area contributed by atoms with Crippen molar-refractivity contribution in [1.82, 2.24) is 24.8 Å². The first-order valence-corrected chi connectivity index (χ1v) is 12.1. The SMILES string of the molecule is Cc1cc([C@@H]2[C@@H](c3ccccn3)NC(=S)N2Cc2ccncc2)c(C)n1C1CCCCC1. The quantitative estimate of drug-likeness (QED) is 0.520. The van der Waals surface area contributed by atoms with Gasteiger partial charge in [-0.05, 0) is 80.4 Å². The van der Waals surface area contributed by atoms with Gasteiger partial charge in [0.1, 0.15) is 0 Å². The van der Waals surface area contributed by atoms with E-state index in [4.69, 9.17) is 17.2 Å². The van der Waals surface area contributed by atoms with Crippen molar-refractivity contribution in [1.29, 1.82) is 0 Å². The first-order chi connectivity index (χ1) is 15.6. The summed E-state index contributed by atoms with van der Waals surface area (Å²) in [6, 6.07) is 13.4. The molecule has 0 spiro atoms. The molecule has 4 heterocycles. The highest BCUT2D eigenvalue weighted by atomic mass is 32.1. The third-order valence-electron chi connectivity index (χ3n) is 7.08. The molecule has 6 heteroatoms. The second-order valence-corrected chi connectivity index (χ2v) is 9.48. The molecule has 1 aliphatic carbocycles. The Kier molecular flexibility index (Phi) is 5.96. The molecule has 0 aromatic carbocycles. The van der Waals surface area contributed by atoms with Crippen LogP contribution >= 0.6 is 12.2 Å². The van der Waals surface area contributed by atoms with Crippen LogP contribution in [0, 0.1) is 13.8 Å². The molecule has 3 aromatic rings. The van der Waals surface area contributed by atoms with Crippen molar-refractivity contribution >= 4 is 17.3 Å². The Morgan fingerprint density at radius 3 is 2.53 bits per heavy atom. The molecule has 32 heavy (non-hydrogen) atoms. The molecule has 1 saturated carbocycles. The topological polar surface area (TPSA) is 46.0 Å². The first kappa shape index (κ1) is 21.1. The van der Waals surface area contributed by atoms with Gasteiger partial charge in [-0.15, -0.1) is 0 Å². The van der Waals surface area contributed by atoms with E-state index in [1.54, 1.807) is 0 Å². The van der Waals surface area contributed by atoms with Crippen LogP contribution in [0.25, 0.3) is 0 Å². The summed E-state index contributed by atoms with van der Waals surface area (Å²) in [5.41, 5.74) is 6.30. The first-order valence-electron chi connectivity index (χ1n) is 11.7. The van der Waals surface area contributed by atoms with Crippen molar-refractivity contribution in [2.24, 2.45) is 0 Å². The molecule has 5 rings (SSSR count). The summed E-state index contributed by atoms with van der Waals surface area (Å²) >= 11 is 5.87. The summed E-state index contributed by atoms with van der Waals surface area (Å²) in [6.07, 6.45) is 12.2. The zero-order chi connectivity index (χ0) is 22.1. The van der Waals surface area contributed by atoms with E-state index in [1.807, 2.05) is 24.7 Å². The molecular weight excluding hydrogens is 414 g/mol. The van der Waals surface area contributed by atoms with Crippen molar-refractivity contribution in [3.05, 3.63) is 83.2 Å². The van der Waals surface area contributed by atoms with Gasteiger partial charge in [0.05, 0.1) is 17.8 Å². The number of nitrogens with zero attached hydrogens (tertiary/aromatic N) is 4. The Balaban J connectivity index is 1.57. The van der Waals surface area contributed by atoms with Crippen LogP contribution in [-0.2, 0) is 6.54 Å². The standard InChI is InChI=1S/C26H31N5S/c1-18-16-22(19(2)31(18)21-8-4-3-5-9-21)25-24(23-10-6-7-13-28-23)29-26(32)30(25)17-20-11-14-27-15-12-20/h6-7,10-16,21,24-25H,3-5,8-9,17H2,1-2H3,(H,29,32)/t24-,25-/m1/s1. The van der Waals surface area contributed by atoms with Crippen LogP contribution in [-0.4, -0.2) is 24.5 Å². The Morgan fingerprint density at radius 2 is 1.81 bits per heavy atom. The molecule has 0 unspecified atom stereocenters. The summed E-state index contributed by atoms with van der Waals surface area (Å²) < 4.78 is 2.59. The number of rotatable bonds is 5. The second-order valence-electron chi connectivity index (χ2n) is 9.10. The molecule has 0 amide bonds. The van der Waals surface area contributed by atoms with Gasteiger partial charge in [0, 0.05) is 42.6 Å². The van der Waals surface area contributed by atoms with Crippen molar-refractivity contribution in [2.75, 3.05) is 0 Å². The summed E-state index contributed by atoms with van der Waals surface area (Å²) in [5.74, 6) is 0. The van der Waals surface area contributed by atoms with Crippen molar-refractivity contribution in [2.45, 2.75) is 70.6 Å². The van der Waals surface area contributed by atoms with E-state index in [-0.39, 0.29) is 12.1 Å². The van der Waals surface area contributed by atoms with Crippen LogP contribution in [0.5, 0.6) is 0 Å². The largest absolute Gasteiger partial charge is 0.352 e. The van der Waals surface area contributed by atoms with Gasteiger partial charge in [0.2, 0.25) is 0 Å². The molecule has 0 bridgehead atoms. The van der Waals surface area contributed by atoms with Gasteiger partial charge in [0.15, 0.2) is 5.11 Å². The zero-order valence-corrected chi connectivity index (χ0v) is 19.7. The number of pyridine rings is 2. The molecule has 3 aromatic heterocycles. The molecule has 2 fully saturated rings. The number of aromatic nitrogens is 3. The minimum atomic E-state index is 0.0193. The zero-order valence-electron chi connectivity index (χ0n) is 18.9. The van der Waals surface area contributed by atoms with Crippen LogP contribution in [0.15, 0.2) is 55.0 Å². The molecule has 5 nitrogen and oxygen atoms in total. The number of nitrogens with one attached hydrogen (secondary N) is 1. The fourth-order valence-electron chi connectivity index (χ4n) is 5.60. The van der Waals surface area contributed by atoms with E-state index >= 15 is 0 Å². The molecule has 2 atom stereocenters. The van der Waals surface area contributed by atoms with Gasteiger partial charge >= 0.3 is 0 Å². The van der Waals surface area contributed by atoms with Gasteiger partial charge in [-0.2, -0.15) is 0 Å². The molecule has 0 radical (unpaired) electrons. The molecule has 1 aliphatic heterocycles. The summed E-state index contributed by atoms with van der Waals surface area (Å²) in [7, 11) is 0. The number of hydrogen-bond donors (Lipinski definition) is 1. The van der Waals surface area contributed by atoms with E-state index in [9.17, 15) is 0 Å². The predicted molar refractivity (Wildman–Crippen MR) is 131 cm³/mol. The predicted octanol–water partition coefficient (Wildman–Crippen LogP) is 5.57. The molecular formula is C26H31N5S. The lowest BCUT2D eigenvalue weighted by Gasteiger charge is -2.30. The summed E-state index contributed by atoms with van der Waals surface area (Å²) in [4.78, 5) is 11.2. The Labute approximate surface area is 195 Å². The highest BCUT2D eigenvalue weighted by Crippen LogP contribution is 2.43. The van der Waals surface area contributed by atoms with E-state index in [1.165, 1.54) is 54.6 Å². The van der Waals surface area contributed by atoms with Crippen LogP contribution in [0.4, 0.5) is 0 Å². The molecule has 1 N–H and O–H groups in total. The maximum Gasteiger partial charge on any atom is 0.170 e. The highest BCUT2D eigenvalue weighted by Gasteiger charge is 2.41. The van der Waals surface area contributed by atoms with Gasteiger partial charge in [0.25, 0.3) is 0 Å². The molecule has 1 saturated heterocycles. The van der Waals surface area contributed by atoms with Crippen LogP contribution < -0.4 is 5.32 Å². The van der Waals surface area contributed by atoms with Crippen LogP contribution in [0.3, 0.4) is 0 Å². The summed E-state index contributed by atoms with van der Waals surface area (Å²) in [6.45, 7) is 5.29. The van der Waals surface area contributed by atoms with Crippen molar-refractivity contribution in [3.8, 4) is 0 Å². The van der Waals surface area contributed by atoms with Crippen LogP contribution in [0.2, 0.25) is 0 Å². The normalized spacial score (nSPS) is 21.7. The average molecular weight is 446 g/mol. The molecule has 2 aliphatic rings. The number of thiocarbonyl (C=S) groups is 1. The third kappa shape index (κ3) is 3.92. The van der Waals surface area contributed by atoms with Crippen LogP contribution in [0.1, 0.15) is 78.4 Å². The van der Waals surface area contributed by atoms with Gasteiger partial charge in [-0.1, -0.05) is 25.3 Å². The fourth-order valence-corrected chi connectivity index (χ4v) is 5.91. The fraction of sp³-hybridized carbons (Fsp3) is 0.423. The lowest BCUT2D eigenvalue weighted by molar-refractivity contribution is 0.306. The van der Waals surface area contributed by atoms with E-state index in [2.05, 4.69) is 63.9 Å². The Hall–Kier alpha value is -2.73. The summed E-state index contributed by atoms with van der Waals surface area (Å²) in [5, 5.41) is 4.38. The smallest absolute Gasteiger partial charge is 0.170 e. The van der Waals surface area contributed by atoms with Gasteiger partial charge in [-0.25, -0.2) is 0 Å². The van der Waals surface area contributed by atoms with E-state index in [0.29, 0.717) is 6.04 Å². The maximum absolute atomic E-state index is 5.87. The Morgan fingerprint density at radius 1 is 1.03 bits per heavy atom. The Bertz CT molecular complexity index is 1070. The van der Waals surface area contributed by atoms with Crippen molar-refractivity contribution < 1.29 is 0 Å². The monoisotopic (exact) mass is 445 g/mol. The minimum Gasteiger partial charge on any atom is -0.352 e. The lowest BCUT2D eigenvalue weighted by Crippen LogP contribution is -2.29. The highest BCUT2D eigenvalue weighted by molar-refractivity contribution is 7.80. The average Bonchev–Trinajstić information content (AvgIpc) is 3.30. The number of aryl methyl sites for hydroxylation is 1. The third-order valence-corrected chi connectivity index (χ3v) is 7.43.